The van der Waals surface area contributed by atoms with Crippen LogP contribution in [0.1, 0.15) is 37.9 Å². The van der Waals surface area contributed by atoms with Crippen LogP contribution < -0.4 is 5.32 Å². The second-order valence-corrected chi connectivity index (χ2v) is 9.64. The molecule has 3 heterocycles. The van der Waals surface area contributed by atoms with Crippen LogP contribution in [0.5, 0.6) is 0 Å². The lowest BCUT2D eigenvalue weighted by molar-refractivity contribution is 0.0969. The van der Waals surface area contributed by atoms with Crippen LogP contribution in [0, 0.1) is 0 Å². The van der Waals surface area contributed by atoms with Crippen LogP contribution in [0.15, 0.2) is 24.3 Å². The molecule has 0 unspecified atom stereocenters. The van der Waals surface area contributed by atoms with Gasteiger partial charge in [0.2, 0.25) is 10.0 Å². The monoisotopic (exact) mass is 426 g/mol. The van der Waals surface area contributed by atoms with Crippen molar-refractivity contribution in [1.82, 2.24) is 14.3 Å². The molecule has 0 amide bonds. The van der Waals surface area contributed by atoms with Gasteiger partial charge < -0.3 is 10.1 Å². The number of alkyl halides is 2. The maximum Gasteiger partial charge on any atom is 0.297 e. The second-order valence-electron chi connectivity index (χ2n) is 7.42. The van der Waals surface area contributed by atoms with Crippen LogP contribution in [-0.4, -0.2) is 60.3 Å². The van der Waals surface area contributed by atoms with Gasteiger partial charge in [0, 0.05) is 37.7 Å². The van der Waals surface area contributed by atoms with Gasteiger partial charge in [-0.05, 0) is 37.8 Å². The van der Waals surface area contributed by atoms with Gasteiger partial charge in [0.1, 0.15) is 5.82 Å². The summed E-state index contributed by atoms with van der Waals surface area (Å²) < 4.78 is 58.9. The largest absolute Gasteiger partial charge is 0.381 e. The first kappa shape index (κ1) is 20.4. The Morgan fingerprint density at radius 2 is 1.76 bits per heavy atom. The predicted octanol–water partition coefficient (Wildman–Crippen LogP) is 2.95. The minimum absolute atomic E-state index is 0.0417. The maximum atomic E-state index is 13.2. The van der Waals surface area contributed by atoms with E-state index in [-0.39, 0.29) is 11.3 Å². The smallest absolute Gasteiger partial charge is 0.297 e. The molecule has 0 spiro atoms. The third-order valence-corrected chi connectivity index (χ3v) is 7.96. The molecule has 2 aromatic rings. The molecule has 29 heavy (non-hydrogen) atoms. The highest BCUT2D eigenvalue weighted by Gasteiger charge is 2.35. The lowest BCUT2D eigenvalue weighted by Gasteiger charge is -2.35. The molecule has 2 fully saturated rings. The minimum atomic E-state index is -3.33. The van der Waals surface area contributed by atoms with Crippen molar-refractivity contribution in [2.45, 2.75) is 43.4 Å². The fourth-order valence-electron chi connectivity index (χ4n) is 3.93. The Hall–Kier alpha value is -1.91. The predicted molar refractivity (Wildman–Crippen MR) is 105 cm³/mol. The highest BCUT2D eigenvalue weighted by molar-refractivity contribution is 7.89. The molecule has 2 aliphatic heterocycles. The normalized spacial score (nSPS) is 20.4. The number of ether oxygens (including phenoxy) is 1. The second kappa shape index (κ2) is 8.45. The quantitative estimate of drug-likeness (QED) is 0.791. The van der Waals surface area contributed by atoms with Crippen molar-refractivity contribution in [1.29, 1.82) is 0 Å². The van der Waals surface area contributed by atoms with Crippen LogP contribution in [0.2, 0.25) is 0 Å². The summed E-state index contributed by atoms with van der Waals surface area (Å²) >= 11 is 0. The van der Waals surface area contributed by atoms with E-state index in [1.165, 1.54) is 0 Å². The van der Waals surface area contributed by atoms with Crippen molar-refractivity contribution in [3.63, 3.8) is 0 Å². The zero-order valence-electron chi connectivity index (χ0n) is 15.9. The zero-order valence-corrected chi connectivity index (χ0v) is 16.7. The molecule has 1 aromatic heterocycles. The van der Waals surface area contributed by atoms with E-state index in [0.717, 1.165) is 0 Å². The molecule has 7 nitrogen and oxygen atoms in total. The number of anilines is 1. The first-order valence-corrected chi connectivity index (χ1v) is 11.3. The Balaban J connectivity index is 1.46. The molecule has 2 aliphatic rings. The lowest BCUT2D eigenvalue weighted by Crippen LogP contribution is -2.47. The number of nitrogens with one attached hydrogen (secondary N) is 1. The van der Waals surface area contributed by atoms with E-state index < -0.39 is 22.3 Å². The molecule has 4 rings (SSSR count). The fourth-order valence-corrected chi connectivity index (χ4v) is 5.86. The third-order valence-electron chi connectivity index (χ3n) is 5.56. The van der Waals surface area contributed by atoms with Gasteiger partial charge in [0.05, 0.1) is 10.8 Å². The highest BCUT2D eigenvalue weighted by atomic mass is 32.2. The van der Waals surface area contributed by atoms with Gasteiger partial charge in [-0.3, -0.25) is 0 Å². The van der Waals surface area contributed by atoms with Gasteiger partial charge in [0.25, 0.3) is 6.43 Å². The number of halogens is 2. The van der Waals surface area contributed by atoms with Gasteiger partial charge in [-0.1, -0.05) is 12.1 Å². The van der Waals surface area contributed by atoms with Crippen molar-refractivity contribution in [2.75, 3.05) is 31.6 Å². The van der Waals surface area contributed by atoms with E-state index in [1.54, 1.807) is 22.5 Å². The average molecular weight is 426 g/mol. The standard InChI is InChI=1S/C19H24F2N4O3S/c20-17(21)19-23-16-4-2-1-3-15(16)18(24-19)22-13-5-9-25(10-6-13)29(26,27)14-7-11-28-12-8-14/h1-4,13-14,17H,5-12H2,(H,22,23,24). The van der Waals surface area contributed by atoms with Crippen LogP contribution in [0.25, 0.3) is 10.9 Å². The zero-order chi connectivity index (χ0) is 20.4. The molecule has 158 valence electrons. The molecular formula is C19H24F2N4O3S. The summed E-state index contributed by atoms with van der Waals surface area (Å²) in [5.74, 6) is -0.137. The first-order valence-electron chi connectivity index (χ1n) is 9.83. The van der Waals surface area contributed by atoms with E-state index in [1.807, 2.05) is 6.07 Å². The van der Waals surface area contributed by atoms with Crippen molar-refractivity contribution in [3.8, 4) is 0 Å². The molecule has 0 radical (unpaired) electrons. The number of hydrogen-bond donors (Lipinski definition) is 1. The summed E-state index contributed by atoms with van der Waals surface area (Å²) in [5, 5.41) is 3.55. The van der Waals surface area contributed by atoms with E-state index in [0.29, 0.717) is 68.7 Å². The molecule has 0 atom stereocenters. The molecule has 1 aromatic carbocycles. The summed E-state index contributed by atoms with van der Waals surface area (Å²) in [7, 11) is -3.33. The summed E-state index contributed by atoms with van der Waals surface area (Å²) in [6.45, 7) is 1.77. The Morgan fingerprint density at radius 3 is 2.45 bits per heavy atom. The summed E-state index contributed by atoms with van der Waals surface area (Å²) in [5.41, 5.74) is 0.458. The summed E-state index contributed by atoms with van der Waals surface area (Å²) in [6.07, 6.45) is -0.518. The number of piperidine rings is 1. The lowest BCUT2D eigenvalue weighted by atomic mass is 10.1. The van der Waals surface area contributed by atoms with E-state index >= 15 is 0 Å². The molecule has 0 bridgehead atoms. The average Bonchev–Trinajstić information content (AvgIpc) is 2.74. The SMILES string of the molecule is O=S(=O)(C1CCOCC1)N1CCC(Nc2nc(C(F)F)nc3ccccc23)CC1. The number of para-hydroxylation sites is 1. The first-order chi connectivity index (χ1) is 13.9. The molecule has 2 saturated heterocycles. The molecule has 0 saturated carbocycles. The van der Waals surface area contributed by atoms with Crippen molar-refractivity contribution in [3.05, 3.63) is 30.1 Å². The van der Waals surface area contributed by atoms with Crippen molar-refractivity contribution in [2.24, 2.45) is 0 Å². The number of fused-ring (bicyclic) bond motifs is 1. The van der Waals surface area contributed by atoms with E-state index in [9.17, 15) is 17.2 Å². The van der Waals surface area contributed by atoms with Crippen LogP contribution in [0.3, 0.4) is 0 Å². The summed E-state index contributed by atoms with van der Waals surface area (Å²) in [6, 6.07) is 6.98. The van der Waals surface area contributed by atoms with Crippen LogP contribution >= 0.6 is 0 Å². The van der Waals surface area contributed by atoms with Crippen molar-refractivity contribution >= 4 is 26.7 Å². The molecule has 10 heteroatoms. The van der Waals surface area contributed by atoms with Crippen molar-refractivity contribution < 1.29 is 21.9 Å². The van der Waals surface area contributed by atoms with Gasteiger partial charge in [-0.15, -0.1) is 0 Å². The number of sulfonamides is 1. The van der Waals surface area contributed by atoms with Gasteiger partial charge in [0.15, 0.2) is 5.82 Å². The van der Waals surface area contributed by atoms with Gasteiger partial charge in [-0.25, -0.2) is 31.5 Å². The van der Waals surface area contributed by atoms with E-state index in [4.69, 9.17) is 4.74 Å². The Kier molecular flexibility index (Phi) is 5.93. The molecule has 1 N–H and O–H groups in total. The number of hydrogen-bond acceptors (Lipinski definition) is 6. The number of nitrogens with zero attached hydrogens (tertiary/aromatic N) is 3. The third kappa shape index (κ3) is 4.34. The maximum absolute atomic E-state index is 13.2. The van der Waals surface area contributed by atoms with Crippen LogP contribution in [-0.2, 0) is 14.8 Å². The Morgan fingerprint density at radius 1 is 1.07 bits per heavy atom. The Bertz CT molecular complexity index is 959. The van der Waals surface area contributed by atoms with Crippen LogP contribution in [0.4, 0.5) is 14.6 Å². The summed E-state index contributed by atoms with van der Waals surface area (Å²) in [4.78, 5) is 7.94. The highest BCUT2D eigenvalue weighted by Crippen LogP contribution is 2.28. The van der Waals surface area contributed by atoms with E-state index in [2.05, 4.69) is 15.3 Å². The van der Waals surface area contributed by atoms with Gasteiger partial charge >= 0.3 is 0 Å². The minimum Gasteiger partial charge on any atom is -0.381 e. The van der Waals surface area contributed by atoms with Gasteiger partial charge in [-0.2, -0.15) is 0 Å². The number of benzene rings is 1. The Labute approximate surface area is 168 Å². The topological polar surface area (TPSA) is 84.4 Å². The number of aromatic nitrogens is 2. The molecule has 0 aliphatic carbocycles. The molecular weight excluding hydrogens is 402 g/mol. The number of rotatable bonds is 5. The fraction of sp³-hybridized carbons (Fsp3) is 0.579.